The molecule has 2 N–H and O–H groups in total. The van der Waals surface area contributed by atoms with Crippen LogP contribution in [0.2, 0.25) is 0 Å². The molecule has 0 unspecified atom stereocenters. The molecule has 0 aliphatic heterocycles. The number of non-ortho nitro benzene ring substituents is 1. The standard InChI is InChI=1S/C23H21N3O4S/c1-15-5-10-20(16(2)12-15)24-23(31)21(25-11-3-4-17(13-25)14-27)22(28)18-6-8-19(9-7-18)26(29)30/h3-13,27H,14H2,1-2H3,(H-,24,28,31). The number of nitro benzene ring substituents is 1. The van der Waals surface area contributed by atoms with Crippen LogP contribution in [0, 0.1) is 24.0 Å². The summed E-state index contributed by atoms with van der Waals surface area (Å²) in [5.74, 6) is -0.405. The van der Waals surface area contributed by atoms with Crippen LogP contribution >= 0.6 is 12.2 Å². The van der Waals surface area contributed by atoms with Crippen LogP contribution in [0.3, 0.4) is 0 Å². The highest BCUT2D eigenvalue weighted by Gasteiger charge is 2.20. The molecule has 0 radical (unpaired) electrons. The van der Waals surface area contributed by atoms with Crippen molar-refractivity contribution in [3.8, 4) is 0 Å². The number of nitrogens with one attached hydrogen (secondary N) is 1. The third-order valence-electron chi connectivity index (χ3n) is 4.70. The van der Waals surface area contributed by atoms with E-state index >= 15 is 0 Å². The van der Waals surface area contributed by atoms with Gasteiger partial charge < -0.3 is 15.5 Å². The highest BCUT2D eigenvalue weighted by molar-refractivity contribution is 7.81. The zero-order chi connectivity index (χ0) is 22.5. The molecule has 31 heavy (non-hydrogen) atoms. The summed E-state index contributed by atoms with van der Waals surface area (Å²) in [7, 11) is 0. The van der Waals surface area contributed by atoms with Gasteiger partial charge in [0, 0.05) is 29.4 Å². The number of hydrogen-bond acceptors (Lipinski definition) is 5. The van der Waals surface area contributed by atoms with Crippen molar-refractivity contribution in [3.63, 3.8) is 0 Å². The molecule has 1 aromatic heterocycles. The van der Waals surface area contributed by atoms with Crippen molar-refractivity contribution in [1.29, 1.82) is 0 Å². The summed E-state index contributed by atoms with van der Waals surface area (Å²) in [6.07, 6.45) is 3.28. The van der Waals surface area contributed by atoms with Crippen LogP contribution in [0.15, 0.2) is 67.0 Å². The topological polar surface area (TPSA) is 102 Å². The van der Waals surface area contributed by atoms with Crippen molar-refractivity contribution in [3.05, 3.63) is 99.4 Å². The molecule has 1 heterocycles. The van der Waals surface area contributed by atoms with E-state index in [0.717, 1.165) is 16.8 Å². The first-order valence-electron chi connectivity index (χ1n) is 9.46. The number of aryl methyl sites for hydroxylation is 2. The minimum atomic E-state index is -0.523. The summed E-state index contributed by atoms with van der Waals surface area (Å²) >= 11 is 5.59. The Hall–Kier alpha value is -3.62. The Morgan fingerprint density at radius 3 is 2.48 bits per heavy atom. The predicted octanol–water partition coefficient (Wildman–Crippen LogP) is 3.12. The van der Waals surface area contributed by atoms with E-state index in [0.29, 0.717) is 5.56 Å². The van der Waals surface area contributed by atoms with E-state index in [9.17, 15) is 20.3 Å². The monoisotopic (exact) mass is 435 g/mol. The average Bonchev–Trinajstić information content (AvgIpc) is 2.76. The lowest BCUT2D eigenvalue weighted by molar-refractivity contribution is -0.578. The summed E-state index contributed by atoms with van der Waals surface area (Å²) in [6, 6.07) is 14.6. The second-order valence-electron chi connectivity index (χ2n) is 7.03. The van der Waals surface area contributed by atoms with Gasteiger partial charge >= 0.3 is 0 Å². The maximum Gasteiger partial charge on any atom is 0.269 e. The number of aliphatic hydroxyl groups excluding tert-OH is 1. The van der Waals surface area contributed by atoms with Crippen LogP contribution < -0.4 is 15.0 Å². The fraction of sp³-hybridized carbons (Fsp3) is 0.130. The zero-order valence-corrected chi connectivity index (χ0v) is 17.8. The lowest BCUT2D eigenvalue weighted by atomic mass is 10.1. The maximum atomic E-state index is 13.4. The quantitative estimate of drug-likeness (QED) is 0.154. The van der Waals surface area contributed by atoms with Crippen LogP contribution in [0.25, 0.3) is 11.5 Å². The normalized spacial score (nSPS) is 11.6. The summed E-state index contributed by atoms with van der Waals surface area (Å²) in [6.45, 7) is 3.73. The lowest BCUT2D eigenvalue weighted by Gasteiger charge is -2.18. The Morgan fingerprint density at radius 2 is 1.87 bits per heavy atom. The molecule has 0 amide bonds. The maximum absolute atomic E-state index is 13.4. The summed E-state index contributed by atoms with van der Waals surface area (Å²) in [5, 5.41) is 36.9. The highest BCUT2D eigenvalue weighted by Crippen LogP contribution is 2.22. The Labute approximate surface area is 185 Å². The number of hydrogen-bond donors (Lipinski definition) is 2. The molecule has 2 aromatic carbocycles. The number of pyridine rings is 1. The van der Waals surface area contributed by atoms with Crippen LogP contribution in [-0.4, -0.2) is 15.0 Å². The van der Waals surface area contributed by atoms with Gasteiger partial charge in [0.25, 0.3) is 5.69 Å². The van der Waals surface area contributed by atoms with Crippen molar-refractivity contribution >= 4 is 40.0 Å². The van der Waals surface area contributed by atoms with Gasteiger partial charge in [-0.15, -0.1) is 0 Å². The second-order valence-corrected chi connectivity index (χ2v) is 7.44. The average molecular weight is 436 g/mol. The van der Waals surface area contributed by atoms with Gasteiger partial charge in [-0.3, -0.25) is 10.1 Å². The Morgan fingerprint density at radius 1 is 1.16 bits per heavy atom. The smallest absolute Gasteiger partial charge is 0.269 e. The van der Waals surface area contributed by atoms with E-state index in [-0.39, 0.29) is 28.5 Å². The van der Waals surface area contributed by atoms with Crippen molar-refractivity contribution < 1.29 is 19.7 Å². The molecule has 0 fully saturated rings. The van der Waals surface area contributed by atoms with Crippen molar-refractivity contribution in [2.24, 2.45) is 0 Å². The highest BCUT2D eigenvalue weighted by atomic mass is 32.1. The van der Waals surface area contributed by atoms with Crippen molar-refractivity contribution in [2.75, 3.05) is 5.32 Å². The van der Waals surface area contributed by atoms with E-state index < -0.39 is 10.7 Å². The van der Waals surface area contributed by atoms with Crippen LogP contribution in [0.1, 0.15) is 22.3 Å². The summed E-state index contributed by atoms with van der Waals surface area (Å²) in [5.41, 5.74) is 3.76. The molecule has 0 spiro atoms. The largest absolute Gasteiger partial charge is 0.867 e. The lowest BCUT2D eigenvalue weighted by Crippen LogP contribution is -2.40. The van der Waals surface area contributed by atoms with Gasteiger partial charge in [-0.05, 0) is 55.0 Å². The summed E-state index contributed by atoms with van der Waals surface area (Å²) in [4.78, 5) is 10.6. The molecular formula is C23H21N3O4S. The Kier molecular flexibility index (Phi) is 6.74. The molecule has 0 bridgehead atoms. The van der Waals surface area contributed by atoms with Gasteiger partial charge in [-0.1, -0.05) is 29.9 Å². The third kappa shape index (κ3) is 5.11. The minimum Gasteiger partial charge on any atom is -0.867 e. The number of thiocarbonyl (C=S) groups is 1. The molecule has 8 heteroatoms. The fourth-order valence-corrected chi connectivity index (χ4v) is 3.41. The number of aliphatic hydroxyl groups is 1. The molecule has 0 aliphatic rings. The molecular weight excluding hydrogens is 414 g/mol. The van der Waals surface area contributed by atoms with E-state index in [4.69, 9.17) is 12.2 Å². The van der Waals surface area contributed by atoms with Crippen LogP contribution in [0.4, 0.5) is 11.4 Å². The third-order valence-corrected chi connectivity index (χ3v) is 5.00. The van der Waals surface area contributed by atoms with Gasteiger partial charge in [0.05, 0.1) is 11.5 Å². The van der Waals surface area contributed by atoms with Gasteiger partial charge in [0.15, 0.2) is 17.4 Å². The van der Waals surface area contributed by atoms with Gasteiger partial charge in [-0.25, -0.2) is 0 Å². The van der Waals surface area contributed by atoms with Crippen LogP contribution in [-0.2, 0) is 6.61 Å². The molecule has 3 rings (SSSR count). The first kappa shape index (κ1) is 22.1. The second kappa shape index (κ2) is 9.46. The van der Waals surface area contributed by atoms with Gasteiger partial charge in [0.2, 0.25) is 5.70 Å². The van der Waals surface area contributed by atoms with Gasteiger partial charge in [-0.2, -0.15) is 4.57 Å². The first-order valence-corrected chi connectivity index (χ1v) is 9.87. The number of aromatic nitrogens is 1. The summed E-state index contributed by atoms with van der Waals surface area (Å²) < 4.78 is 1.55. The number of nitrogens with zero attached hydrogens (tertiary/aromatic N) is 2. The number of rotatable bonds is 6. The SMILES string of the molecule is Cc1ccc(NC(=S)/C(=C(\[O-])c2ccc([N+](=O)[O-])cc2)[n+]2cccc(CO)c2)c(C)c1. The molecule has 0 atom stereocenters. The van der Waals surface area contributed by atoms with E-state index in [1.807, 2.05) is 32.0 Å². The Bertz CT molecular complexity index is 1170. The fourth-order valence-electron chi connectivity index (χ4n) is 3.10. The van der Waals surface area contributed by atoms with E-state index in [2.05, 4.69) is 5.32 Å². The van der Waals surface area contributed by atoms with E-state index in [1.54, 1.807) is 29.1 Å². The molecule has 0 aliphatic carbocycles. The molecule has 0 saturated heterocycles. The van der Waals surface area contributed by atoms with Crippen LogP contribution in [0.5, 0.6) is 0 Å². The number of nitro groups is 1. The van der Waals surface area contributed by atoms with E-state index in [1.165, 1.54) is 24.3 Å². The van der Waals surface area contributed by atoms with Gasteiger partial charge in [0.1, 0.15) is 0 Å². The number of benzene rings is 2. The first-order chi connectivity index (χ1) is 14.8. The van der Waals surface area contributed by atoms with Crippen molar-refractivity contribution in [1.82, 2.24) is 0 Å². The minimum absolute atomic E-state index is 0.107. The molecule has 7 nitrogen and oxygen atoms in total. The molecule has 158 valence electrons. The van der Waals surface area contributed by atoms with Crippen molar-refractivity contribution in [2.45, 2.75) is 20.5 Å². The Balaban J connectivity index is 2.10. The molecule has 3 aromatic rings. The zero-order valence-electron chi connectivity index (χ0n) is 17.0. The predicted molar refractivity (Wildman–Crippen MR) is 121 cm³/mol. The number of anilines is 1. The molecule has 0 saturated carbocycles.